The summed E-state index contributed by atoms with van der Waals surface area (Å²) in [6.07, 6.45) is 2.85. The minimum absolute atomic E-state index is 0.597. The SMILES string of the molecule is CCC(C)c1ccc(S(C)=O)cc1. The van der Waals surface area contributed by atoms with E-state index in [0.29, 0.717) is 5.92 Å². The molecule has 0 spiro atoms. The molecule has 2 atom stereocenters. The summed E-state index contributed by atoms with van der Waals surface area (Å²) >= 11 is 0. The molecule has 0 bridgehead atoms. The van der Waals surface area contributed by atoms with Crippen molar-refractivity contribution < 1.29 is 4.21 Å². The number of hydrogen-bond donors (Lipinski definition) is 0. The van der Waals surface area contributed by atoms with Gasteiger partial charge >= 0.3 is 0 Å². The van der Waals surface area contributed by atoms with Gasteiger partial charge in [0.2, 0.25) is 0 Å². The topological polar surface area (TPSA) is 17.1 Å². The third-order valence-electron chi connectivity index (χ3n) is 2.39. The Hall–Kier alpha value is -0.630. The highest BCUT2D eigenvalue weighted by Gasteiger charge is 2.03. The summed E-state index contributed by atoms with van der Waals surface area (Å²) in [5.41, 5.74) is 1.33. The molecule has 0 aliphatic heterocycles. The van der Waals surface area contributed by atoms with Crippen LogP contribution in [0.2, 0.25) is 0 Å². The van der Waals surface area contributed by atoms with Crippen LogP contribution in [0, 0.1) is 0 Å². The summed E-state index contributed by atoms with van der Waals surface area (Å²) in [6, 6.07) is 8.06. The molecule has 72 valence electrons. The highest BCUT2D eigenvalue weighted by Crippen LogP contribution is 2.19. The molecule has 0 saturated heterocycles. The van der Waals surface area contributed by atoms with E-state index in [9.17, 15) is 4.21 Å². The van der Waals surface area contributed by atoms with E-state index in [0.717, 1.165) is 11.3 Å². The van der Waals surface area contributed by atoms with Crippen molar-refractivity contribution in [1.29, 1.82) is 0 Å². The van der Waals surface area contributed by atoms with Gasteiger partial charge in [-0.15, -0.1) is 0 Å². The molecule has 1 rings (SSSR count). The molecule has 2 heteroatoms. The van der Waals surface area contributed by atoms with Gasteiger partial charge in [-0.25, -0.2) is 0 Å². The maximum Gasteiger partial charge on any atom is 0.0498 e. The molecule has 0 aliphatic rings. The zero-order valence-electron chi connectivity index (χ0n) is 8.41. The molecule has 2 unspecified atom stereocenters. The highest BCUT2D eigenvalue weighted by molar-refractivity contribution is 7.84. The lowest BCUT2D eigenvalue weighted by Gasteiger charge is -2.08. The average Bonchev–Trinajstić information content (AvgIpc) is 2.17. The molecule has 1 nitrogen and oxygen atoms in total. The first kappa shape index (κ1) is 10.5. The van der Waals surface area contributed by atoms with Crippen molar-refractivity contribution in [2.24, 2.45) is 0 Å². The lowest BCUT2D eigenvalue weighted by atomic mass is 9.99. The predicted octanol–water partition coefficient (Wildman–Crippen LogP) is 2.94. The van der Waals surface area contributed by atoms with Crippen molar-refractivity contribution in [1.82, 2.24) is 0 Å². The molecule has 1 aromatic rings. The van der Waals surface area contributed by atoms with Gasteiger partial charge in [-0.2, -0.15) is 0 Å². The molecule has 1 aromatic carbocycles. The van der Waals surface area contributed by atoms with Gasteiger partial charge in [-0.3, -0.25) is 4.21 Å². The Morgan fingerprint density at radius 1 is 1.31 bits per heavy atom. The van der Waals surface area contributed by atoms with Crippen LogP contribution in [0.15, 0.2) is 29.2 Å². The van der Waals surface area contributed by atoms with Gasteiger partial charge in [0.05, 0.1) is 0 Å². The number of benzene rings is 1. The van der Waals surface area contributed by atoms with Crippen LogP contribution in [0.25, 0.3) is 0 Å². The summed E-state index contributed by atoms with van der Waals surface area (Å²) in [4.78, 5) is 0.909. The molecule has 0 heterocycles. The fraction of sp³-hybridized carbons (Fsp3) is 0.455. The molecular weight excluding hydrogens is 180 g/mol. The summed E-state index contributed by atoms with van der Waals surface area (Å²) in [5.74, 6) is 0.597. The van der Waals surface area contributed by atoms with E-state index in [-0.39, 0.29) is 0 Å². The summed E-state index contributed by atoms with van der Waals surface area (Å²) in [7, 11) is -0.852. The third kappa shape index (κ3) is 2.66. The zero-order valence-corrected chi connectivity index (χ0v) is 9.23. The molecule has 13 heavy (non-hydrogen) atoms. The van der Waals surface area contributed by atoms with Crippen molar-refractivity contribution in [2.45, 2.75) is 31.1 Å². The smallest absolute Gasteiger partial charge is 0.0498 e. The van der Waals surface area contributed by atoms with E-state index in [1.807, 2.05) is 12.1 Å². The van der Waals surface area contributed by atoms with Crippen LogP contribution >= 0.6 is 0 Å². The quantitative estimate of drug-likeness (QED) is 0.726. The largest absolute Gasteiger partial charge is 0.255 e. The molecule has 0 amide bonds. The second kappa shape index (κ2) is 4.56. The van der Waals surface area contributed by atoms with Gasteiger partial charge in [0, 0.05) is 22.0 Å². The predicted molar refractivity (Wildman–Crippen MR) is 57.5 cm³/mol. The van der Waals surface area contributed by atoms with Gasteiger partial charge in [0.1, 0.15) is 0 Å². The molecule has 0 saturated carbocycles. The van der Waals surface area contributed by atoms with Gasteiger partial charge in [0.15, 0.2) is 0 Å². The maximum atomic E-state index is 11.1. The van der Waals surface area contributed by atoms with Gasteiger partial charge < -0.3 is 0 Å². The standard InChI is InChI=1S/C11H16OS/c1-4-9(2)10-5-7-11(8-6-10)13(3)12/h5-9H,4H2,1-3H3. The van der Waals surface area contributed by atoms with Crippen molar-refractivity contribution in [2.75, 3.05) is 6.26 Å². The Kier molecular flexibility index (Phi) is 3.67. The second-order valence-corrected chi connectivity index (χ2v) is 4.71. The van der Waals surface area contributed by atoms with Crippen LogP contribution in [0.4, 0.5) is 0 Å². The van der Waals surface area contributed by atoms with Gasteiger partial charge in [-0.05, 0) is 30.0 Å². The zero-order chi connectivity index (χ0) is 9.84. The number of hydrogen-bond acceptors (Lipinski definition) is 1. The summed E-state index contributed by atoms with van der Waals surface area (Å²) < 4.78 is 11.1. The van der Waals surface area contributed by atoms with Crippen molar-refractivity contribution in [3.8, 4) is 0 Å². The fourth-order valence-electron chi connectivity index (χ4n) is 1.22. The van der Waals surface area contributed by atoms with Crippen molar-refractivity contribution in [3.63, 3.8) is 0 Å². The van der Waals surface area contributed by atoms with Crippen LogP contribution < -0.4 is 0 Å². The molecule has 0 aliphatic carbocycles. The Morgan fingerprint density at radius 3 is 2.23 bits per heavy atom. The van der Waals surface area contributed by atoms with Crippen LogP contribution in [-0.2, 0) is 10.8 Å². The first-order chi connectivity index (χ1) is 6.15. The lowest BCUT2D eigenvalue weighted by Crippen LogP contribution is -1.92. The molecular formula is C11H16OS. The van der Waals surface area contributed by atoms with E-state index >= 15 is 0 Å². The summed E-state index contributed by atoms with van der Waals surface area (Å²) in [5, 5.41) is 0. The average molecular weight is 196 g/mol. The van der Waals surface area contributed by atoms with E-state index < -0.39 is 10.8 Å². The molecule has 0 fully saturated rings. The van der Waals surface area contributed by atoms with E-state index in [4.69, 9.17) is 0 Å². The Labute approximate surface area is 82.6 Å². The van der Waals surface area contributed by atoms with E-state index in [1.54, 1.807) is 6.26 Å². The van der Waals surface area contributed by atoms with Crippen molar-refractivity contribution in [3.05, 3.63) is 29.8 Å². The fourth-order valence-corrected chi connectivity index (χ4v) is 1.74. The van der Waals surface area contributed by atoms with E-state index in [2.05, 4.69) is 26.0 Å². The third-order valence-corrected chi connectivity index (χ3v) is 3.33. The lowest BCUT2D eigenvalue weighted by molar-refractivity contribution is 0.686. The Bertz CT molecular complexity index is 289. The first-order valence-corrected chi connectivity index (χ1v) is 6.14. The van der Waals surface area contributed by atoms with Crippen LogP contribution in [-0.4, -0.2) is 10.5 Å². The molecule has 0 aromatic heterocycles. The minimum Gasteiger partial charge on any atom is -0.255 e. The van der Waals surface area contributed by atoms with Gasteiger partial charge in [-0.1, -0.05) is 26.0 Å². The van der Waals surface area contributed by atoms with Crippen LogP contribution in [0.3, 0.4) is 0 Å². The second-order valence-electron chi connectivity index (χ2n) is 3.33. The molecule has 0 N–H and O–H groups in total. The van der Waals surface area contributed by atoms with Crippen LogP contribution in [0.5, 0.6) is 0 Å². The maximum absolute atomic E-state index is 11.1. The van der Waals surface area contributed by atoms with Crippen molar-refractivity contribution >= 4 is 10.8 Å². The summed E-state index contributed by atoms with van der Waals surface area (Å²) in [6.45, 7) is 4.38. The van der Waals surface area contributed by atoms with E-state index in [1.165, 1.54) is 5.56 Å². The number of rotatable bonds is 3. The first-order valence-electron chi connectivity index (χ1n) is 4.58. The monoisotopic (exact) mass is 196 g/mol. The Morgan fingerprint density at radius 2 is 1.85 bits per heavy atom. The van der Waals surface area contributed by atoms with Crippen LogP contribution in [0.1, 0.15) is 31.7 Å². The normalized spacial score (nSPS) is 15.3. The molecule has 0 radical (unpaired) electrons. The minimum atomic E-state index is -0.852. The Balaban J connectivity index is 2.87. The highest BCUT2D eigenvalue weighted by atomic mass is 32.2. The van der Waals surface area contributed by atoms with Gasteiger partial charge in [0.25, 0.3) is 0 Å².